The SMILES string of the molecule is CCn1c(C(C)C)ccc(-c2n[nH]c(=S)n2C)c1=O. The van der Waals surface area contributed by atoms with Crippen molar-refractivity contribution in [3.8, 4) is 11.4 Å². The third kappa shape index (κ3) is 2.28. The quantitative estimate of drug-likeness (QED) is 0.877. The Morgan fingerprint density at radius 1 is 1.42 bits per heavy atom. The normalized spacial score (nSPS) is 11.2. The fraction of sp³-hybridized carbons (Fsp3) is 0.462. The molecule has 0 fully saturated rings. The summed E-state index contributed by atoms with van der Waals surface area (Å²) in [7, 11) is 1.80. The maximum Gasteiger partial charge on any atom is 0.261 e. The summed E-state index contributed by atoms with van der Waals surface area (Å²) in [6, 6.07) is 3.82. The maximum absolute atomic E-state index is 12.5. The molecule has 19 heavy (non-hydrogen) atoms. The van der Waals surface area contributed by atoms with E-state index in [1.54, 1.807) is 16.2 Å². The summed E-state index contributed by atoms with van der Waals surface area (Å²) in [5.41, 5.74) is 1.58. The number of pyridine rings is 1. The number of aromatic amines is 1. The lowest BCUT2D eigenvalue weighted by Crippen LogP contribution is -2.25. The lowest BCUT2D eigenvalue weighted by atomic mass is 10.1. The van der Waals surface area contributed by atoms with E-state index in [-0.39, 0.29) is 5.56 Å². The largest absolute Gasteiger partial charge is 0.312 e. The molecule has 0 aliphatic carbocycles. The summed E-state index contributed by atoms with van der Waals surface area (Å²) in [6.07, 6.45) is 0. The summed E-state index contributed by atoms with van der Waals surface area (Å²) in [4.78, 5) is 12.5. The third-order valence-electron chi connectivity index (χ3n) is 3.24. The molecule has 0 aliphatic rings. The predicted octanol–water partition coefficient (Wildman–Crippen LogP) is 2.45. The highest BCUT2D eigenvalue weighted by molar-refractivity contribution is 7.71. The van der Waals surface area contributed by atoms with Crippen molar-refractivity contribution in [3.05, 3.63) is 33.0 Å². The van der Waals surface area contributed by atoms with Gasteiger partial charge in [0.1, 0.15) is 0 Å². The second kappa shape index (κ2) is 5.13. The minimum atomic E-state index is -0.0224. The van der Waals surface area contributed by atoms with Gasteiger partial charge in [-0.3, -0.25) is 9.89 Å². The monoisotopic (exact) mass is 278 g/mol. The Morgan fingerprint density at radius 3 is 2.58 bits per heavy atom. The number of hydrogen-bond acceptors (Lipinski definition) is 3. The average Bonchev–Trinajstić information content (AvgIpc) is 2.69. The first-order chi connectivity index (χ1) is 8.97. The number of H-pyrrole nitrogens is 1. The van der Waals surface area contributed by atoms with E-state index in [9.17, 15) is 4.79 Å². The van der Waals surface area contributed by atoms with E-state index in [4.69, 9.17) is 12.2 Å². The maximum atomic E-state index is 12.5. The van der Waals surface area contributed by atoms with Crippen LogP contribution in [0.4, 0.5) is 0 Å². The average molecular weight is 278 g/mol. The lowest BCUT2D eigenvalue weighted by Gasteiger charge is -2.15. The van der Waals surface area contributed by atoms with E-state index in [1.807, 2.05) is 19.1 Å². The van der Waals surface area contributed by atoms with Crippen LogP contribution >= 0.6 is 12.2 Å². The van der Waals surface area contributed by atoms with Gasteiger partial charge in [-0.1, -0.05) is 13.8 Å². The first kappa shape index (κ1) is 13.7. The van der Waals surface area contributed by atoms with Gasteiger partial charge >= 0.3 is 0 Å². The molecule has 6 heteroatoms. The molecule has 2 aromatic heterocycles. The number of nitrogens with zero attached hydrogens (tertiary/aromatic N) is 3. The molecule has 0 unspecified atom stereocenters. The molecule has 102 valence electrons. The van der Waals surface area contributed by atoms with Crippen molar-refractivity contribution in [2.75, 3.05) is 0 Å². The van der Waals surface area contributed by atoms with E-state index < -0.39 is 0 Å². The topological polar surface area (TPSA) is 55.6 Å². The van der Waals surface area contributed by atoms with Crippen LogP contribution in [-0.4, -0.2) is 19.3 Å². The van der Waals surface area contributed by atoms with E-state index in [1.165, 1.54) is 0 Å². The van der Waals surface area contributed by atoms with Crippen molar-refractivity contribution < 1.29 is 0 Å². The van der Waals surface area contributed by atoms with E-state index in [2.05, 4.69) is 24.0 Å². The van der Waals surface area contributed by atoms with Crippen molar-refractivity contribution in [2.24, 2.45) is 7.05 Å². The summed E-state index contributed by atoms with van der Waals surface area (Å²) in [5.74, 6) is 0.886. The second-order valence-corrected chi connectivity index (χ2v) is 5.17. The van der Waals surface area contributed by atoms with Crippen LogP contribution in [0.15, 0.2) is 16.9 Å². The summed E-state index contributed by atoms with van der Waals surface area (Å²) in [6.45, 7) is 6.78. The highest BCUT2D eigenvalue weighted by atomic mass is 32.1. The van der Waals surface area contributed by atoms with Gasteiger partial charge in [0, 0.05) is 19.3 Å². The van der Waals surface area contributed by atoms with E-state index in [0.29, 0.717) is 28.6 Å². The molecular weight excluding hydrogens is 260 g/mol. The van der Waals surface area contributed by atoms with Gasteiger partial charge in [0.25, 0.3) is 5.56 Å². The van der Waals surface area contributed by atoms with Crippen LogP contribution in [0.2, 0.25) is 0 Å². The number of rotatable bonds is 3. The molecular formula is C13H18N4OS. The molecule has 5 nitrogen and oxygen atoms in total. The minimum Gasteiger partial charge on any atom is -0.312 e. The van der Waals surface area contributed by atoms with E-state index in [0.717, 1.165) is 5.69 Å². The van der Waals surface area contributed by atoms with E-state index >= 15 is 0 Å². The molecule has 0 amide bonds. The predicted molar refractivity (Wildman–Crippen MR) is 77.9 cm³/mol. The van der Waals surface area contributed by atoms with Crippen LogP contribution in [0.3, 0.4) is 0 Å². The van der Waals surface area contributed by atoms with Crippen LogP contribution in [-0.2, 0) is 13.6 Å². The van der Waals surface area contributed by atoms with Gasteiger partial charge in [0.2, 0.25) is 0 Å². The number of aromatic nitrogens is 4. The first-order valence-electron chi connectivity index (χ1n) is 6.32. The van der Waals surface area contributed by atoms with Crippen LogP contribution in [0.5, 0.6) is 0 Å². The zero-order valence-corrected chi connectivity index (χ0v) is 12.4. The summed E-state index contributed by atoms with van der Waals surface area (Å²) < 4.78 is 4.00. The van der Waals surface area contributed by atoms with Gasteiger partial charge in [0.15, 0.2) is 10.6 Å². The Kier molecular flexibility index (Phi) is 3.71. The Labute approximate surface area is 116 Å². The van der Waals surface area contributed by atoms with Crippen LogP contribution in [0, 0.1) is 4.77 Å². The Morgan fingerprint density at radius 2 is 2.11 bits per heavy atom. The zero-order chi connectivity index (χ0) is 14.2. The highest BCUT2D eigenvalue weighted by Crippen LogP contribution is 2.17. The fourth-order valence-electron chi connectivity index (χ4n) is 2.18. The molecule has 2 aromatic rings. The van der Waals surface area contributed by atoms with Crippen molar-refractivity contribution in [3.63, 3.8) is 0 Å². The molecule has 2 heterocycles. The third-order valence-corrected chi connectivity index (χ3v) is 3.60. The van der Waals surface area contributed by atoms with Crippen LogP contribution in [0.25, 0.3) is 11.4 Å². The number of hydrogen-bond donors (Lipinski definition) is 1. The lowest BCUT2D eigenvalue weighted by molar-refractivity contribution is 0.640. The Balaban J connectivity index is 2.71. The molecule has 1 N–H and O–H groups in total. The Hall–Kier alpha value is -1.69. The molecule has 0 saturated carbocycles. The van der Waals surface area contributed by atoms with Gasteiger partial charge in [-0.15, -0.1) is 0 Å². The first-order valence-corrected chi connectivity index (χ1v) is 6.73. The molecule has 0 atom stereocenters. The Bertz CT molecular complexity index is 708. The molecule has 0 radical (unpaired) electrons. The highest BCUT2D eigenvalue weighted by Gasteiger charge is 2.15. The van der Waals surface area contributed by atoms with Crippen molar-refractivity contribution in [1.82, 2.24) is 19.3 Å². The van der Waals surface area contributed by atoms with Crippen LogP contribution < -0.4 is 5.56 Å². The summed E-state index contributed by atoms with van der Waals surface area (Å²) in [5, 5.41) is 6.83. The zero-order valence-electron chi connectivity index (χ0n) is 11.6. The van der Waals surface area contributed by atoms with Gasteiger partial charge in [0.05, 0.1) is 5.56 Å². The second-order valence-electron chi connectivity index (χ2n) is 4.79. The molecule has 0 aliphatic heterocycles. The molecule has 0 spiro atoms. The van der Waals surface area contributed by atoms with Gasteiger partial charge in [-0.2, -0.15) is 5.10 Å². The van der Waals surface area contributed by atoms with Crippen molar-refractivity contribution >= 4 is 12.2 Å². The number of nitrogens with one attached hydrogen (secondary N) is 1. The van der Waals surface area contributed by atoms with Gasteiger partial charge in [-0.05, 0) is 37.2 Å². The van der Waals surface area contributed by atoms with Gasteiger partial charge < -0.3 is 9.13 Å². The minimum absolute atomic E-state index is 0.0224. The van der Waals surface area contributed by atoms with Crippen molar-refractivity contribution in [2.45, 2.75) is 33.2 Å². The molecule has 0 bridgehead atoms. The van der Waals surface area contributed by atoms with Crippen molar-refractivity contribution in [1.29, 1.82) is 0 Å². The standard InChI is InChI=1S/C13H18N4OS/c1-5-17-10(8(2)3)7-6-9(12(17)18)11-14-15-13(19)16(11)4/h6-8H,5H2,1-4H3,(H,15,19). The molecule has 0 aromatic carbocycles. The summed E-state index contributed by atoms with van der Waals surface area (Å²) >= 11 is 5.08. The van der Waals surface area contributed by atoms with Gasteiger partial charge in [-0.25, -0.2) is 0 Å². The molecule has 2 rings (SSSR count). The smallest absolute Gasteiger partial charge is 0.261 e. The van der Waals surface area contributed by atoms with Crippen LogP contribution in [0.1, 0.15) is 32.4 Å². The molecule has 0 saturated heterocycles. The fourth-order valence-corrected chi connectivity index (χ4v) is 2.31.